The summed E-state index contributed by atoms with van der Waals surface area (Å²) in [6, 6.07) is 0. The highest BCUT2D eigenvalue weighted by atomic mass is 31.2. The van der Waals surface area contributed by atoms with E-state index in [2.05, 4.69) is 4.52 Å². The average molecular weight is 170 g/mol. The molecular weight excluding hydrogens is 163 g/mol. The van der Waals surface area contributed by atoms with Gasteiger partial charge in [-0.25, -0.2) is 4.57 Å². The summed E-state index contributed by atoms with van der Waals surface area (Å²) in [6.07, 6.45) is -1.36. The first-order chi connectivity index (χ1) is 4.45. The zero-order valence-electron chi connectivity index (χ0n) is 4.88. The molecule has 3 N–H and O–H groups in total. The van der Waals surface area contributed by atoms with Crippen molar-refractivity contribution < 1.29 is 28.8 Å². The number of phosphoric ester groups is 1. The van der Waals surface area contributed by atoms with Crippen molar-refractivity contribution in [2.24, 2.45) is 0 Å². The molecule has 0 aromatic heterocycles. The molecule has 0 heterocycles. The van der Waals surface area contributed by atoms with E-state index in [0.717, 1.165) is 0 Å². The quantitative estimate of drug-likeness (QED) is 0.356. The average Bonchev–Trinajstić information content (AvgIpc) is 1.81. The van der Waals surface area contributed by atoms with Gasteiger partial charge >= 0.3 is 7.82 Å². The predicted octanol–water partition coefficient (Wildman–Crippen LogP) is -1.34. The van der Waals surface area contributed by atoms with E-state index in [-0.39, 0.29) is 6.29 Å². The Morgan fingerprint density at radius 3 is 2.40 bits per heavy atom. The monoisotopic (exact) mass is 170 g/mol. The van der Waals surface area contributed by atoms with E-state index in [1.54, 1.807) is 0 Å². The molecule has 7 heteroatoms. The molecule has 0 bridgehead atoms. The summed E-state index contributed by atoms with van der Waals surface area (Å²) in [7, 11) is -4.55. The van der Waals surface area contributed by atoms with Crippen LogP contribution < -0.4 is 0 Å². The second kappa shape index (κ2) is 3.80. The molecule has 0 spiro atoms. The van der Waals surface area contributed by atoms with E-state index in [9.17, 15) is 9.36 Å². The summed E-state index contributed by atoms with van der Waals surface area (Å²) in [4.78, 5) is 25.7. The number of aldehydes is 1. The minimum absolute atomic E-state index is 0.121. The molecule has 0 unspecified atom stereocenters. The van der Waals surface area contributed by atoms with E-state index in [0.29, 0.717) is 0 Å². The van der Waals surface area contributed by atoms with Crippen LogP contribution in [0.25, 0.3) is 0 Å². The lowest BCUT2D eigenvalue weighted by molar-refractivity contribution is -0.116. The van der Waals surface area contributed by atoms with Gasteiger partial charge in [-0.1, -0.05) is 0 Å². The van der Waals surface area contributed by atoms with Crippen molar-refractivity contribution in [3.05, 3.63) is 0 Å². The third kappa shape index (κ3) is 5.87. The lowest BCUT2D eigenvalue weighted by atomic mass is 10.4. The largest absolute Gasteiger partial charge is 0.469 e. The first-order valence-corrected chi connectivity index (χ1v) is 3.82. The van der Waals surface area contributed by atoms with Gasteiger partial charge in [0.25, 0.3) is 0 Å². The van der Waals surface area contributed by atoms with Gasteiger partial charge in [0, 0.05) is 0 Å². The van der Waals surface area contributed by atoms with Crippen LogP contribution in [0.5, 0.6) is 0 Å². The SMILES string of the molecule is O=C[C@@H](O)COP(=O)(O)O. The molecule has 0 aliphatic heterocycles. The molecule has 60 valence electrons. The molecule has 0 saturated heterocycles. The van der Waals surface area contributed by atoms with Crippen LogP contribution in [0.2, 0.25) is 0 Å². The van der Waals surface area contributed by atoms with Crippen LogP contribution in [-0.2, 0) is 13.9 Å². The summed E-state index contributed by atoms with van der Waals surface area (Å²) in [5.41, 5.74) is 0. The zero-order chi connectivity index (χ0) is 8.20. The third-order valence-corrected chi connectivity index (χ3v) is 1.06. The summed E-state index contributed by atoms with van der Waals surface area (Å²) in [5.74, 6) is 0. The molecule has 6 nitrogen and oxygen atoms in total. The maximum absolute atomic E-state index is 9.90. The van der Waals surface area contributed by atoms with Gasteiger partial charge in [-0.05, 0) is 0 Å². The molecular formula is C3H7O6P. The highest BCUT2D eigenvalue weighted by Crippen LogP contribution is 2.35. The Balaban J connectivity index is 3.55. The number of aliphatic hydroxyl groups excluding tert-OH is 1. The minimum atomic E-state index is -4.55. The van der Waals surface area contributed by atoms with Crippen LogP contribution in [0, 0.1) is 0 Å². The van der Waals surface area contributed by atoms with Crippen LogP contribution in [0.15, 0.2) is 0 Å². The molecule has 0 aliphatic carbocycles. The number of rotatable bonds is 4. The van der Waals surface area contributed by atoms with Crippen LogP contribution in [0.4, 0.5) is 0 Å². The Kier molecular flexibility index (Phi) is 3.70. The van der Waals surface area contributed by atoms with E-state index in [4.69, 9.17) is 14.9 Å². The van der Waals surface area contributed by atoms with E-state index < -0.39 is 20.5 Å². The Hall–Kier alpha value is -0.260. The highest BCUT2D eigenvalue weighted by Gasteiger charge is 2.15. The standard InChI is InChI=1S/C3H7O6P/c4-1-3(5)2-9-10(6,7)8/h1,3,5H,2H2,(H2,6,7,8)/t3-/m1/s1. The van der Waals surface area contributed by atoms with E-state index in [1.807, 2.05) is 0 Å². The molecule has 0 aliphatic rings. The maximum Gasteiger partial charge on any atom is 0.469 e. The summed E-state index contributed by atoms with van der Waals surface area (Å²) in [5, 5.41) is 8.38. The molecule has 0 radical (unpaired) electrons. The molecule has 0 rings (SSSR count). The Bertz CT molecular complexity index is 149. The van der Waals surface area contributed by atoms with Gasteiger partial charge in [0.2, 0.25) is 0 Å². The summed E-state index contributed by atoms with van der Waals surface area (Å²) in [6.45, 7) is -0.687. The smallest absolute Gasteiger partial charge is 0.383 e. The van der Waals surface area contributed by atoms with Gasteiger partial charge in [0.15, 0.2) is 6.29 Å². The molecule has 10 heavy (non-hydrogen) atoms. The first kappa shape index (κ1) is 9.74. The van der Waals surface area contributed by atoms with Gasteiger partial charge < -0.3 is 19.7 Å². The lowest BCUT2D eigenvalue weighted by Crippen LogP contribution is -2.15. The molecule has 0 aromatic carbocycles. The summed E-state index contributed by atoms with van der Waals surface area (Å²) < 4.78 is 13.7. The van der Waals surface area contributed by atoms with Crippen LogP contribution >= 0.6 is 7.82 Å². The van der Waals surface area contributed by atoms with Crippen molar-refractivity contribution in [1.29, 1.82) is 0 Å². The molecule has 0 fully saturated rings. The number of aliphatic hydroxyl groups is 1. The van der Waals surface area contributed by atoms with Crippen molar-refractivity contribution in [2.75, 3.05) is 6.61 Å². The topological polar surface area (TPSA) is 104 Å². The third-order valence-electron chi connectivity index (χ3n) is 0.571. The highest BCUT2D eigenvalue weighted by molar-refractivity contribution is 7.46. The molecule has 0 aromatic rings. The molecule has 1 atom stereocenters. The predicted molar refractivity (Wildman–Crippen MR) is 30.1 cm³/mol. The van der Waals surface area contributed by atoms with Crippen molar-refractivity contribution in [1.82, 2.24) is 0 Å². The maximum atomic E-state index is 9.90. The number of hydrogen-bond donors (Lipinski definition) is 3. The molecule has 0 amide bonds. The van der Waals surface area contributed by atoms with Crippen molar-refractivity contribution >= 4 is 14.1 Å². The number of carbonyl (C=O) groups is 1. The van der Waals surface area contributed by atoms with Crippen LogP contribution in [0.1, 0.15) is 0 Å². The van der Waals surface area contributed by atoms with E-state index in [1.165, 1.54) is 0 Å². The Morgan fingerprint density at radius 2 is 2.10 bits per heavy atom. The number of carbonyl (C=O) groups excluding carboxylic acids is 1. The van der Waals surface area contributed by atoms with Crippen LogP contribution in [0.3, 0.4) is 0 Å². The van der Waals surface area contributed by atoms with Gasteiger partial charge in [-0.3, -0.25) is 4.52 Å². The Labute approximate surface area is 56.7 Å². The lowest BCUT2D eigenvalue weighted by Gasteiger charge is -2.04. The minimum Gasteiger partial charge on any atom is -0.383 e. The Morgan fingerprint density at radius 1 is 1.60 bits per heavy atom. The second-order valence-corrected chi connectivity index (χ2v) is 2.73. The van der Waals surface area contributed by atoms with E-state index >= 15 is 0 Å². The van der Waals surface area contributed by atoms with Gasteiger partial charge in [0.1, 0.15) is 6.10 Å². The second-order valence-electron chi connectivity index (χ2n) is 1.49. The fourth-order valence-corrected chi connectivity index (χ4v) is 0.560. The number of hydrogen-bond acceptors (Lipinski definition) is 4. The fourth-order valence-electron chi connectivity index (χ4n) is 0.213. The van der Waals surface area contributed by atoms with Crippen LogP contribution in [-0.4, -0.2) is 33.9 Å². The van der Waals surface area contributed by atoms with Crippen molar-refractivity contribution in [3.63, 3.8) is 0 Å². The van der Waals surface area contributed by atoms with Gasteiger partial charge in [0.05, 0.1) is 6.61 Å². The van der Waals surface area contributed by atoms with Gasteiger partial charge in [-0.15, -0.1) is 0 Å². The van der Waals surface area contributed by atoms with Crippen molar-refractivity contribution in [3.8, 4) is 0 Å². The molecule has 0 saturated carbocycles. The summed E-state index contributed by atoms with van der Waals surface area (Å²) >= 11 is 0. The normalized spacial score (nSPS) is 14.7. The number of phosphoric acid groups is 1. The fraction of sp³-hybridized carbons (Fsp3) is 0.667. The zero-order valence-corrected chi connectivity index (χ0v) is 5.77. The van der Waals surface area contributed by atoms with Crippen molar-refractivity contribution in [2.45, 2.75) is 6.10 Å². The van der Waals surface area contributed by atoms with Gasteiger partial charge in [-0.2, -0.15) is 0 Å². The first-order valence-electron chi connectivity index (χ1n) is 2.29.